The van der Waals surface area contributed by atoms with Crippen LogP contribution in [0.4, 0.5) is 0 Å². The van der Waals surface area contributed by atoms with Crippen molar-refractivity contribution in [2.75, 3.05) is 13.7 Å². The summed E-state index contributed by atoms with van der Waals surface area (Å²) in [5.74, 6) is 1.74. The highest BCUT2D eigenvalue weighted by molar-refractivity contribution is 8.16. The van der Waals surface area contributed by atoms with Gasteiger partial charge in [0.15, 0.2) is 5.17 Å². The van der Waals surface area contributed by atoms with E-state index in [-0.39, 0.29) is 18.9 Å². The summed E-state index contributed by atoms with van der Waals surface area (Å²) in [5.41, 5.74) is 2.84. The third-order valence-corrected chi connectivity index (χ3v) is 8.22. The van der Waals surface area contributed by atoms with Crippen molar-refractivity contribution in [1.29, 1.82) is 0 Å². The molecule has 7 nitrogen and oxygen atoms in total. The van der Waals surface area contributed by atoms with Crippen molar-refractivity contribution in [3.05, 3.63) is 52.2 Å². The van der Waals surface area contributed by atoms with Crippen molar-refractivity contribution in [3.8, 4) is 5.75 Å². The first-order valence-corrected chi connectivity index (χ1v) is 12.9. The molecule has 2 bridgehead atoms. The number of thioether (sulfide) groups is 1. The standard InChI is InChI=1S/C26H31N3O4S/c1-4-33-25(31)23-15(2)27-26-29(24(23)18-6-5-7-20(12-18)32-3)19(14-34-26)13-22(30)28-21-11-16-8-9-17(21)10-16/h5-7,12,14,16-17,21,24H,4,8-11,13H2,1-3H3,(H,28,30)/t16-,17-,21-,24+/m0/s1. The fourth-order valence-electron chi connectivity index (χ4n) is 5.81. The number of benzene rings is 1. The number of allylic oxidation sites excluding steroid dienone is 1. The summed E-state index contributed by atoms with van der Waals surface area (Å²) in [6.45, 7) is 3.91. The number of amidine groups is 1. The molecule has 180 valence electrons. The third kappa shape index (κ3) is 4.24. The Kier molecular flexibility index (Phi) is 6.42. The average Bonchev–Trinajstić information content (AvgIpc) is 3.54. The van der Waals surface area contributed by atoms with Crippen LogP contribution in [0, 0.1) is 11.8 Å². The summed E-state index contributed by atoms with van der Waals surface area (Å²) < 4.78 is 10.9. The first-order chi connectivity index (χ1) is 16.5. The van der Waals surface area contributed by atoms with Gasteiger partial charge in [-0.05, 0) is 68.0 Å². The molecule has 0 spiro atoms. The second-order valence-electron chi connectivity index (χ2n) is 9.42. The Morgan fingerprint density at radius 3 is 2.82 bits per heavy atom. The number of carbonyl (C=O) groups excluding carboxylic acids is 2. The number of ether oxygens (including phenoxy) is 2. The van der Waals surface area contributed by atoms with Crippen molar-refractivity contribution < 1.29 is 19.1 Å². The Balaban J connectivity index is 1.43. The maximum absolute atomic E-state index is 13.1. The largest absolute Gasteiger partial charge is 0.497 e. The average molecular weight is 482 g/mol. The van der Waals surface area contributed by atoms with Gasteiger partial charge in [0.2, 0.25) is 5.91 Å². The van der Waals surface area contributed by atoms with Gasteiger partial charge in [-0.15, -0.1) is 0 Å². The van der Waals surface area contributed by atoms with E-state index < -0.39 is 12.0 Å². The zero-order valence-electron chi connectivity index (χ0n) is 19.9. The lowest BCUT2D eigenvalue weighted by Crippen LogP contribution is -2.41. The fraction of sp³-hybridized carbons (Fsp3) is 0.500. The summed E-state index contributed by atoms with van der Waals surface area (Å²) in [6, 6.07) is 7.53. The van der Waals surface area contributed by atoms with Crippen LogP contribution in [0.25, 0.3) is 0 Å². The van der Waals surface area contributed by atoms with Crippen LogP contribution in [0.5, 0.6) is 5.75 Å². The monoisotopic (exact) mass is 481 g/mol. The molecule has 1 aromatic rings. The number of hydrogen-bond donors (Lipinski definition) is 1. The van der Waals surface area contributed by atoms with Crippen molar-refractivity contribution in [2.24, 2.45) is 16.8 Å². The Morgan fingerprint density at radius 2 is 2.12 bits per heavy atom. The molecule has 1 amide bonds. The van der Waals surface area contributed by atoms with Gasteiger partial charge >= 0.3 is 5.97 Å². The molecule has 4 aliphatic rings. The predicted molar refractivity (Wildman–Crippen MR) is 132 cm³/mol. The van der Waals surface area contributed by atoms with E-state index in [0.29, 0.717) is 29.0 Å². The molecule has 2 aliphatic carbocycles. The number of nitrogens with one attached hydrogen (secondary N) is 1. The second kappa shape index (κ2) is 9.49. The number of rotatable bonds is 7. The minimum Gasteiger partial charge on any atom is -0.497 e. The van der Waals surface area contributed by atoms with Crippen LogP contribution in [0.15, 0.2) is 51.6 Å². The van der Waals surface area contributed by atoms with Crippen molar-refractivity contribution in [3.63, 3.8) is 0 Å². The van der Waals surface area contributed by atoms with Crippen LogP contribution in [-0.4, -0.2) is 41.7 Å². The van der Waals surface area contributed by atoms with E-state index in [1.807, 2.05) is 41.5 Å². The molecule has 2 heterocycles. The summed E-state index contributed by atoms with van der Waals surface area (Å²) in [6.07, 6.45) is 5.12. The van der Waals surface area contributed by atoms with Gasteiger partial charge in [0.25, 0.3) is 0 Å². The number of aliphatic imine (C=N–C) groups is 1. The molecule has 0 radical (unpaired) electrons. The SMILES string of the molecule is CCOC(=O)C1=C(C)N=C2SC=C(CC(=O)N[C@H]3C[C@H]4CC[C@H]3C4)N2[C@@H]1c1cccc(OC)c1. The Hall–Kier alpha value is -2.74. The zero-order chi connectivity index (χ0) is 23.8. The van der Waals surface area contributed by atoms with E-state index in [0.717, 1.165) is 28.8 Å². The summed E-state index contributed by atoms with van der Waals surface area (Å²) in [4.78, 5) is 32.9. The van der Waals surface area contributed by atoms with E-state index >= 15 is 0 Å². The minimum absolute atomic E-state index is 0.0269. The van der Waals surface area contributed by atoms with E-state index in [1.54, 1.807) is 14.0 Å². The van der Waals surface area contributed by atoms with Crippen LogP contribution in [0.3, 0.4) is 0 Å². The van der Waals surface area contributed by atoms with E-state index in [2.05, 4.69) is 5.32 Å². The highest BCUT2D eigenvalue weighted by Crippen LogP contribution is 2.46. The number of methoxy groups -OCH3 is 1. The molecule has 4 atom stereocenters. The number of hydrogen-bond acceptors (Lipinski definition) is 7. The lowest BCUT2D eigenvalue weighted by Gasteiger charge is -2.36. The van der Waals surface area contributed by atoms with Crippen LogP contribution in [0.2, 0.25) is 0 Å². The van der Waals surface area contributed by atoms with Crippen LogP contribution >= 0.6 is 11.8 Å². The highest BCUT2D eigenvalue weighted by Gasteiger charge is 2.43. The van der Waals surface area contributed by atoms with Crippen molar-refractivity contribution >= 4 is 28.8 Å². The summed E-state index contributed by atoms with van der Waals surface area (Å²) in [5, 5.41) is 6.03. The molecule has 1 aromatic carbocycles. The summed E-state index contributed by atoms with van der Waals surface area (Å²) in [7, 11) is 1.62. The van der Waals surface area contributed by atoms with Gasteiger partial charge in [-0.3, -0.25) is 4.79 Å². The van der Waals surface area contributed by atoms with Gasteiger partial charge in [0.05, 0.1) is 37.4 Å². The number of fused-ring (bicyclic) bond motifs is 3. The van der Waals surface area contributed by atoms with E-state index in [1.165, 1.54) is 31.0 Å². The molecule has 5 rings (SSSR count). The van der Waals surface area contributed by atoms with Gasteiger partial charge in [-0.1, -0.05) is 30.3 Å². The third-order valence-electron chi connectivity index (χ3n) is 7.33. The number of carbonyl (C=O) groups is 2. The van der Waals surface area contributed by atoms with Crippen LogP contribution < -0.4 is 10.1 Å². The topological polar surface area (TPSA) is 80.2 Å². The van der Waals surface area contributed by atoms with Crippen molar-refractivity contribution in [1.82, 2.24) is 10.2 Å². The second-order valence-corrected chi connectivity index (χ2v) is 10.3. The van der Waals surface area contributed by atoms with Gasteiger partial charge in [0, 0.05) is 11.7 Å². The van der Waals surface area contributed by atoms with Gasteiger partial charge in [-0.25, -0.2) is 9.79 Å². The number of nitrogens with zero attached hydrogens (tertiary/aromatic N) is 2. The van der Waals surface area contributed by atoms with Crippen LogP contribution in [0.1, 0.15) is 57.6 Å². The van der Waals surface area contributed by atoms with E-state index in [9.17, 15) is 9.59 Å². The molecule has 1 N–H and O–H groups in total. The smallest absolute Gasteiger partial charge is 0.338 e. The summed E-state index contributed by atoms with van der Waals surface area (Å²) >= 11 is 1.49. The molecule has 8 heteroatoms. The van der Waals surface area contributed by atoms with Gasteiger partial charge in [-0.2, -0.15) is 0 Å². The number of amides is 1. The van der Waals surface area contributed by atoms with Crippen molar-refractivity contribution in [2.45, 2.75) is 58.0 Å². The molecule has 2 aliphatic heterocycles. The Bertz CT molecular complexity index is 1100. The lowest BCUT2D eigenvalue weighted by molar-refractivity contribution is -0.139. The minimum atomic E-state index is -0.446. The number of esters is 1. The Morgan fingerprint density at radius 1 is 1.26 bits per heavy atom. The normalized spacial score (nSPS) is 27.3. The molecule has 2 fully saturated rings. The van der Waals surface area contributed by atoms with Crippen LogP contribution in [-0.2, 0) is 14.3 Å². The van der Waals surface area contributed by atoms with Gasteiger partial charge in [0.1, 0.15) is 5.75 Å². The molecular formula is C26H31N3O4S. The van der Waals surface area contributed by atoms with Gasteiger partial charge < -0.3 is 19.7 Å². The fourth-order valence-corrected chi connectivity index (χ4v) is 6.77. The quantitative estimate of drug-likeness (QED) is 0.577. The zero-order valence-corrected chi connectivity index (χ0v) is 20.7. The first kappa shape index (κ1) is 23.0. The van der Waals surface area contributed by atoms with E-state index in [4.69, 9.17) is 14.5 Å². The molecule has 0 aromatic heterocycles. The maximum atomic E-state index is 13.1. The lowest BCUT2D eigenvalue weighted by atomic mass is 9.93. The maximum Gasteiger partial charge on any atom is 0.338 e. The predicted octanol–water partition coefficient (Wildman–Crippen LogP) is 4.53. The highest BCUT2D eigenvalue weighted by atomic mass is 32.2. The molecule has 2 saturated carbocycles. The molecule has 0 saturated heterocycles. The molecular weight excluding hydrogens is 450 g/mol. The Labute approximate surface area is 204 Å². The first-order valence-electron chi connectivity index (χ1n) is 12.0. The molecule has 0 unspecified atom stereocenters. The molecule has 34 heavy (non-hydrogen) atoms.